The molecule has 0 rings (SSSR count). The minimum atomic E-state index is -0.829. The van der Waals surface area contributed by atoms with E-state index in [2.05, 4.69) is 0 Å². The number of ether oxygens (including phenoxy) is 2. The van der Waals surface area contributed by atoms with Crippen molar-refractivity contribution in [1.82, 2.24) is 0 Å². The van der Waals surface area contributed by atoms with Gasteiger partial charge in [0.1, 0.15) is 13.2 Å². The van der Waals surface area contributed by atoms with Crippen molar-refractivity contribution in [1.29, 1.82) is 0 Å². The lowest BCUT2D eigenvalue weighted by Crippen LogP contribution is -2.08. The van der Waals surface area contributed by atoms with Crippen LogP contribution in [0.1, 0.15) is 25.7 Å². The van der Waals surface area contributed by atoms with Crippen LogP contribution >= 0.6 is 106 Å². The van der Waals surface area contributed by atoms with Crippen molar-refractivity contribution < 1.29 is 38.3 Å². The summed E-state index contributed by atoms with van der Waals surface area (Å²) in [4.78, 5) is 35.2. The van der Waals surface area contributed by atoms with Gasteiger partial charge in [-0.15, -0.1) is 23.5 Å². The van der Waals surface area contributed by atoms with Crippen molar-refractivity contribution in [2.45, 2.75) is 25.7 Å². The van der Waals surface area contributed by atoms with Crippen LogP contribution in [-0.4, -0.2) is 135 Å². The molecular weight excluding hydrogens is 749 g/mol. The number of thioether (sulfide) groups is 9. The third-order valence-electron chi connectivity index (χ3n) is 4.48. The first-order chi connectivity index (χ1) is 21.0. The van der Waals surface area contributed by atoms with E-state index >= 15 is 0 Å². The standard InChI is InChI=1S/C25H46O8S10/c26-5-13-34-15-7-32-23(28)2-10-37-18-36-9-1-17-43(31)22-41-20-40-21-42-25(30)4-12-39-19-38-11-3-24(29)33-8-16-35-14-6-27/h26-27H,1-22H2. The van der Waals surface area contributed by atoms with E-state index in [-0.39, 0.29) is 30.3 Å². The number of hydrogen-bond donors (Lipinski definition) is 2. The molecule has 0 radical (unpaired) electrons. The van der Waals surface area contributed by atoms with E-state index in [4.69, 9.17) is 19.7 Å². The Hall–Kier alpha value is 1.83. The molecule has 0 aliphatic carbocycles. The van der Waals surface area contributed by atoms with Crippen LogP contribution in [0.3, 0.4) is 0 Å². The van der Waals surface area contributed by atoms with Gasteiger partial charge in [0.15, 0.2) is 5.12 Å². The Morgan fingerprint density at radius 1 is 0.558 bits per heavy atom. The summed E-state index contributed by atoms with van der Waals surface area (Å²) in [5.74, 6) is 6.29. The summed E-state index contributed by atoms with van der Waals surface area (Å²) < 4.78 is 22.4. The number of rotatable bonds is 33. The summed E-state index contributed by atoms with van der Waals surface area (Å²) in [5.41, 5.74) is 0. The molecule has 0 amide bonds. The van der Waals surface area contributed by atoms with Gasteiger partial charge in [-0.1, -0.05) is 11.8 Å². The van der Waals surface area contributed by atoms with Gasteiger partial charge >= 0.3 is 11.9 Å². The second-order valence-electron chi connectivity index (χ2n) is 8.01. The SMILES string of the molecule is O=C(CCSCSCCCS(=O)CSCSCSC(=O)CCSCSCCC(=O)OCCSCCO)OCCSCCO. The number of esters is 2. The van der Waals surface area contributed by atoms with Gasteiger partial charge in [-0.2, -0.15) is 70.6 Å². The summed E-state index contributed by atoms with van der Waals surface area (Å²) in [7, 11) is -0.829. The fourth-order valence-electron chi connectivity index (χ4n) is 2.51. The molecule has 254 valence electrons. The molecular formula is C25H46O8S10. The second kappa shape index (κ2) is 36.7. The largest absolute Gasteiger partial charge is 0.465 e. The van der Waals surface area contributed by atoms with Crippen LogP contribution in [0.2, 0.25) is 0 Å². The number of carbonyl (C=O) groups excluding carboxylic acids is 3. The lowest BCUT2D eigenvalue weighted by molar-refractivity contribution is -0.143. The number of aliphatic hydroxyl groups is 2. The topological polar surface area (TPSA) is 127 Å². The Balaban J connectivity index is 3.38. The van der Waals surface area contributed by atoms with Gasteiger partial charge in [0.25, 0.3) is 0 Å². The smallest absolute Gasteiger partial charge is 0.306 e. The van der Waals surface area contributed by atoms with Crippen molar-refractivity contribution >= 4 is 134 Å². The molecule has 1 unspecified atom stereocenters. The highest BCUT2D eigenvalue weighted by molar-refractivity contribution is 8.28. The monoisotopic (exact) mass is 794 g/mol. The van der Waals surface area contributed by atoms with Crippen molar-refractivity contribution in [3.05, 3.63) is 0 Å². The predicted molar refractivity (Wildman–Crippen MR) is 204 cm³/mol. The first-order valence-corrected chi connectivity index (χ1v) is 25.4. The summed E-state index contributed by atoms with van der Waals surface area (Å²) >= 11 is 14.7. The Morgan fingerprint density at radius 2 is 1.07 bits per heavy atom. The zero-order chi connectivity index (χ0) is 31.6. The Labute approximate surface area is 298 Å². The summed E-state index contributed by atoms with van der Waals surface area (Å²) in [6.07, 6.45) is 2.26. The fourth-order valence-corrected chi connectivity index (χ4v) is 13.0. The van der Waals surface area contributed by atoms with Crippen LogP contribution in [0.5, 0.6) is 0 Å². The van der Waals surface area contributed by atoms with Gasteiger partial charge in [0.05, 0.1) is 31.1 Å². The Bertz CT molecular complexity index is 709. The lowest BCUT2D eigenvalue weighted by Gasteiger charge is -2.05. The molecule has 0 bridgehead atoms. The van der Waals surface area contributed by atoms with Crippen molar-refractivity contribution in [2.24, 2.45) is 0 Å². The zero-order valence-electron chi connectivity index (χ0n) is 24.5. The molecule has 1 atom stereocenters. The third kappa shape index (κ3) is 36.5. The van der Waals surface area contributed by atoms with Crippen LogP contribution in [0.15, 0.2) is 0 Å². The minimum Gasteiger partial charge on any atom is -0.465 e. The maximum atomic E-state index is 12.2. The zero-order valence-corrected chi connectivity index (χ0v) is 32.6. The van der Waals surface area contributed by atoms with E-state index in [1.807, 2.05) is 0 Å². The molecule has 43 heavy (non-hydrogen) atoms. The van der Waals surface area contributed by atoms with Crippen molar-refractivity contribution in [2.75, 3.05) is 104 Å². The fraction of sp³-hybridized carbons (Fsp3) is 0.880. The van der Waals surface area contributed by atoms with Gasteiger partial charge in [-0.05, 0) is 12.2 Å². The van der Waals surface area contributed by atoms with Crippen LogP contribution in [0, 0.1) is 0 Å². The van der Waals surface area contributed by atoms with Crippen LogP contribution in [0.25, 0.3) is 0 Å². The van der Waals surface area contributed by atoms with Gasteiger partial charge in [-0.25, -0.2) is 0 Å². The molecule has 0 saturated carbocycles. The van der Waals surface area contributed by atoms with E-state index in [0.29, 0.717) is 77.2 Å². The van der Waals surface area contributed by atoms with E-state index < -0.39 is 10.8 Å². The van der Waals surface area contributed by atoms with Crippen molar-refractivity contribution in [3.63, 3.8) is 0 Å². The van der Waals surface area contributed by atoms with Gasteiger partial charge < -0.3 is 19.7 Å². The second-order valence-corrected chi connectivity index (χ2v) is 21.3. The van der Waals surface area contributed by atoms with Crippen LogP contribution < -0.4 is 0 Å². The van der Waals surface area contributed by atoms with Crippen molar-refractivity contribution in [3.8, 4) is 0 Å². The highest BCUT2D eigenvalue weighted by atomic mass is 32.3. The molecule has 0 fully saturated rings. The third-order valence-corrected chi connectivity index (χ3v) is 16.5. The quantitative estimate of drug-likeness (QED) is 0.0508. The molecule has 0 aliphatic heterocycles. The molecule has 0 aromatic carbocycles. The normalized spacial score (nSPS) is 11.9. The maximum absolute atomic E-state index is 12.2. The molecule has 0 heterocycles. The molecule has 0 spiro atoms. The first-order valence-electron chi connectivity index (χ1n) is 13.6. The van der Waals surface area contributed by atoms with Crippen LogP contribution in [-0.2, 0) is 34.7 Å². The highest BCUT2D eigenvalue weighted by Crippen LogP contribution is 2.22. The number of carbonyl (C=O) groups is 3. The lowest BCUT2D eigenvalue weighted by atomic mass is 10.5. The number of hydrogen-bond acceptors (Lipinski definition) is 17. The Morgan fingerprint density at radius 3 is 1.63 bits per heavy atom. The minimum absolute atomic E-state index is 0.140. The highest BCUT2D eigenvalue weighted by Gasteiger charge is 2.07. The average Bonchev–Trinajstić information content (AvgIpc) is 2.99. The van der Waals surface area contributed by atoms with Gasteiger partial charge in [-0.3, -0.25) is 18.6 Å². The van der Waals surface area contributed by atoms with E-state index in [9.17, 15) is 18.6 Å². The van der Waals surface area contributed by atoms with E-state index in [0.717, 1.165) is 38.9 Å². The molecule has 0 aliphatic rings. The molecule has 2 N–H and O–H groups in total. The average molecular weight is 795 g/mol. The van der Waals surface area contributed by atoms with E-state index in [1.165, 1.54) is 11.8 Å². The molecule has 0 saturated heterocycles. The molecule has 0 aromatic heterocycles. The summed E-state index contributed by atoms with van der Waals surface area (Å²) in [6.45, 7) is 1.07. The number of aliphatic hydroxyl groups excluding tert-OH is 2. The van der Waals surface area contributed by atoms with E-state index in [1.54, 1.807) is 94.1 Å². The van der Waals surface area contributed by atoms with Crippen LogP contribution in [0.4, 0.5) is 0 Å². The first kappa shape index (κ1) is 44.8. The maximum Gasteiger partial charge on any atom is 0.306 e. The molecule has 0 aromatic rings. The summed E-state index contributed by atoms with van der Waals surface area (Å²) in [5, 5.41) is 21.5. The van der Waals surface area contributed by atoms with Gasteiger partial charge in [0, 0.05) is 83.6 Å². The predicted octanol–water partition coefficient (Wildman–Crippen LogP) is 5.28. The summed E-state index contributed by atoms with van der Waals surface area (Å²) in [6, 6.07) is 0. The molecule has 8 nitrogen and oxygen atoms in total. The van der Waals surface area contributed by atoms with Gasteiger partial charge in [0.2, 0.25) is 0 Å². The molecule has 18 heteroatoms. The Kier molecular flexibility index (Phi) is 38.2.